The third-order valence-electron chi connectivity index (χ3n) is 3.38. The van der Waals surface area contributed by atoms with Gasteiger partial charge in [-0.3, -0.25) is 9.79 Å². The van der Waals surface area contributed by atoms with E-state index in [1.807, 2.05) is 24.3 Å². The molecule has 0 aromatic heterocycles. The van der Waals surface area contributed by atoms with Gasteiger partial charge in [-0.05, 0) is 18.9 Å². The first kappa shape index (κ1) is 18.7. The van der Waals surface area contributed by atoms with Crippen molar-refractivity contribution in [2.24, 2.45) is 10.7 Å². The normalized spacial score (nSPS) is 18.3. The van der Waals surface area contributed by atoms with Gasteiger partial charge in [-0.1, -0.05) is 18.2 Å². The summed E-state index contributed by atoms with van der Waals surface area (Å²) in [7, 11) is 1.65. The number of aliphatic imine (C=N–C) groups is 1. The Balaban J connectivity index is 0.00000242. The molecular weight excluding hydrogens is 395 g/mol. The van der Waals surface area contributed by atoms with Crippen molar-refractivity contribution in [1.29, 1.82) is 0 Å². The molecule has 1 aliphatic rings. The van der Waals surface area contributed by atoms with Gasteiger partial charge in [0.15, 0.2) is 5.96 Å². The van der Waals surface area contributed by atoms with E-state index in [0.29, 0.717) is 25.5 Å². The predicted octanol–water partition coefficient (Wildman–Crippen LogP) is 1.85. The van der Waals surface area contributed by atoms with Gasteiger partial charge < -0.3 is 21.1 Å². The highest BCUT2D eigenvalue weighted by Gasteiger charge is 2.17. The van der Waals surface area contributed by atoms with Crippen LogP contribution in [0.1, 0.15) is 24.8 Å². The maximum atomic E-state index is 11.3. The Bertz CT molecular complexity index is 522. The third-order valence-corrected chi connectivity index (χ3v) is 3.38. The lowest BCUT2D eigenvalue weighted by molar-refractivity contribution is -0.123. The van der Waals surface area contributed by atoms with E-state index in [4.69, 9.17) is 10.5 Å². The molecule has 1 atom stereocenters. The molecule has 1 aliphatic heterocycles. The molecule has 0 radical (unpaired) electrons. The number of methoxy groups -OCH3 is 1. The number of nitrogens with two attached hydrogens (primary N) is 1. The molecule has 1 amide bonds. The van der Waals surface area contributed by atoms with Crippen LogP contribution in [-0.4, -0.2) is 31.6 Å². The molecule has 122 valence electrons. The first-order valence-electron chi connectivity index (χ1n) is 7.12. The fourth-order valence-electron chi connectivity index (χ4n) is 2.33. The van der Waals surface area contributed by atoms with Crippen LogP contribution >= 0.6 is 24.0 Å². The van der Waals surface area contributed by atoms with Crippen LogP contribution in [0.5, 0.6) is 0 Å². The number of carbonyl (C=O) groups excluding carboxylic acids is 1. The lowest BCUT2D eigenvalue weighted by Crippen LogP contribution is -2.41. The zero-order valence-corrected chi connectivity index (χ0v) is 15.0. The van der Waals surface area contributed by atoms with Gasteiger partial charge in [0.25, 0.3) is 0 Å². The van der Waals surface area contributed by atoms with Crippen LogP contribution in [0.2, 0.25) is 0 Å². The van der Waals surface area contributed by atoms with Crippen molar-refractivity contribution < 1.29 is 9.53 Å². The highest BCUT2D eigenvalue weighted by Crippen LogP contribution is 2.15. The second-order valence-electron chi connectivity index (χ2n) is 5.10. The second kappa shape index (κ2) is 9.62. The van der Waals surface area contributed by atoms with E-state index in [0.717, 1.165) is 24.1 Å². The number of ether oxygens (including phenoxy) is 1. The van der Waals surface area contributed by atoms with Gasteiger partial charge in [0.05, 0.1) is 13.2 Å². The first-order chi connectivity index (χ1) is 10.2. The number of halogens is 1. The van der Waals surface area contributed by atoms with Crippen LogP contribution in [0.25, 0.3) is 0 Å². The van der Waals surface area contributed by atoms with Crippen LogP contribution in [0.3, 0.4) is 0 Å². The Kier molecular flexibility index (Phi) is 8.18. The van der Waals surface area contributed by atoms with Crippen molar-refractivity contribution >= 4 is 41.5 Å². The molecule has 22 heavy (non-hydrogen) atoms. The maximum absolute atomic E-state index is 11.3. The second-order valence-corrected chi connectivity index (χ2v) is 5.10. The average molecular weight is 418 g/mol. The zero-order chi connectivity index (χ0) is 15.1. The Morgan fingerprint density at radius 2 is 2.27 bits per heavy atom. The minimum atomic E-state index is 0. The first-order valence-corrected chi connectivity index (χ1v) is 7.12. The van der Waals surface area contributed by atoms with E-state index in [9.17, 15) is 4.79 Å². The van der Waals surface area contributed by atoms with E-state index >= 15 is 0 Å². The summed E-state index contributed by atoms with van der Waals surface area (Å²) in [6.07, 6.45) is 2.47. The number of rotatable bonds is 5. The largest absolute Gasteiger partial charge is 0.380 e. The fourth-order valence-corrected chi connectivity index (χ4v) is 2.33. The van der Waals surface area contributed by atoms with Crippen LogP contribution in [0.15, 0.2) is 29.3 Å². The Hall–Kier alpha value is -1.35. The number of nitrogens with zero attached hydrogens (tertiary/aromatic N) is 1. The van der Waals surface area contributed by atoms with Crippen LogP contribution in [0.4, 0.5) is 5.69 Å². The summed E-state index contributed by atoms with van der Waals surface area (Å²) in [6.45, 7) is 1.01. The summed E-state index contributed by atoms with van der Waals surface area (Å²) in [6, 6.07) is 7.86. The predicted molar refractivity (Wildman–Crippen MR) is 98.5 cm³/mol. The zero-order valence-electron chi connectivity index (χ0n) is 12.7. The molecule has 1 aromatic rings. The van der Waals surface area contributed by atoms with Crippen LogP contribution in [0, 0.1) is 0 Å². The van der Waals surface area contributed by atoms with Crippen molar-refractivity contribution in [3.63, 3.8) is 0 Å². The number of nitrogens with one attached hydrogen (secondary N) is 2. The van der Waals surface area contributed by atoms with Gasteiger partial charge in [0.1, 0.15) is 0 Å². The van der Waals surface area contributed by atoms with E-state index in [-0.39, 0.29) is 35.9 Å². The number of benzene rings is 1. The number of hydrogen-bond donors (Lipinski definition) is 3. The van der Waals surface area contributed by atoms with Crippen molar-refractivity contribution in [2.75, 3.05) is 19.0 Å². The SMILES string of the molecule is COCc1ccccc1NC(N)=NCC1CCCC(=O)N1.I. The van der Waals surface area contributed by atoms with Gasteiger partial charge in [-0.2, -0.15) is 0 Å². The molecule has 1 unspecified atom stereocenters. The van der Waals surface area contributed by atoms with E-state index in [1.165, 1.54) is 0 Å². The average Bonchev–Trinajstić information content (AvgIpc) is 2.48. The highest BCUT2D eigenvalue weighted by molar-refractivity contribution is 14.0. The molecule has 0 saturated carbocycles. The summed E-state index contributed by atoms with van der Waals surface area (Å²) in [5.74, 6) is 0.441. The molecule has 4 N–H and O–H groups in total. The Labute approximate surface area is 147 Å². The number of piperidine rings is 1. The van der Waals surface area contributed by atoms with Crippen LogP contribution < -0.4 is 16.4 Å². The summed E-state index contributed by atoms with van der Waals surface area (Å²) >= 11 is 0. The quantitative estimate of drug-likeness (QED) is 0.387. The van der Waals surface area contributed by atoms with E-state index in [2.05, 4.69) is 15.6 Å². The van der Waals surface area contributed by atoms with Crippen molar-refractivity contribution in [1.82, 2.24) is 5.32 Å². The van der Waals surface area contributed by atoms with Gasteiger partial charge >= 0.3 is 0 Å². The molecule has 7 heteroatoms. The number of hydrogen-bond acceptors (Lipinski definition) is 3. The molecule has 0 aliphatic carbocycles. The van der Waals surface area contributed by atoms with Crippen molar-refractivity contribution in [3.8, 4) is 0 Å². The molecule has 2 rings (SSSR count). The number of amides is 1. The Morgan fingerprint density at radius 3 is 3.00 bits per heavy atom. The van der Waals surface area contributed by atoms with Gasteiger partial charge in [-0.25, -0.2) is 0 Å². The monoisotopic (exact) mass is 418 g/mol. The van der Waals surface area contributed by atoms with E-state index in [1.54, 1.807) is 7.11 Å². The molecule has 0 spiro atoms. The van der Waals surface area contributed by atoms with Crippen LogP contribution in [-0.2, 0) is 16.1 Å². The van der Waals surface area contributed by atoms with Gasteiger partial charge in [0.2, 0.25) is 5.91 Å². The highest BCUT2D eigenvalue weighted by atomic mass is 127. The molecule has 1 fully saturated rings. The molecule has 6 nitrogen and oxygen atoms in total. The third kappa shape index (κ3) is 5.80. The molecule has 0 bridgehead atoms. The molecule has 1 heterocycles. The summed E-state index contributed by atoms with van der Waals surface area (Å²) in [5.41, 5.74) is 7.81. The number of guanidine groups is 1. The minimum absolute atomic E-state index is 0. The summed E-state index contributed by atoms with van der Waals surface area (Å²) in [4.78, 5) is 15.6. The number of para-hydroxylation sites is 1. The Morgan fingerprint density at radius 1 is 1.50 bits per heavy atom. The summed E-state index contributed by atoms with van der Waals surface area (Å²) < 4.78 is 5.15. The lowest BCUT2D eigenvalue weighted by atomic mass is 10.0. The number of carbonyl (C=O) groups is 1. The van der Waals surface area contributed by atoms with Crippen molar-refractivity contribution in [2.45, 2.75) is 31.9 Å². The maximum Gasteiger partial charge on any atom is 0.220 e. The van der Waals surface area contributed by atoms with Gasteiger partial charge in [0, 0.05) is 30.8 Å². The molecule has 1 aromatic carbocycles. The topological polar surface area (TPSA) is 88.7 Å². The number of anilines is 1. The fraction of sp³-hybridized carbons (Fsp3) is 0.467. The van der Waals surface area contributed by atoms with Gasteiger partial charge in [-0.15, -0.1) is 24.0 Å². The lowest BCUT2D eigenvalue weighted by Gasteiger charge is -2.21. The molecule has 1 saturated heterocycles. The smallest absolute Gasteiger partial charge is 0.220 e. The summed E-state index contributed by atoms with van der Waals surface area (Å²) in [5, 5.41) is 6.00. The standard InChI is InChI=1S/C15H22N4O2.HI/c1-21-10-11-5-2-3-7-13(11)19-15(16)17-9-12-6-4-8-14(20)18-12;/h2-3,5,7,12H,4,6,8-10H2,1H3,(H,18,20)(H3,16,17,19);1H. The minimum Gasteiger partial charge on any atom is -0.380 e. The van der Waals surface area contributed by atoms with E-state index < -0.39 is 0 Å². The van der Waals surface area contributed by atoms with Crippen molar-refractivity contribution in [3.05, 3.63) is 29.8 Å². The molecular formula is C15H23IN4O2.